The van der Waals surface area contributed by atoms with E-state index in [-0.39, 0.29) is 5.97 Å². The Morgan fingerprint density at radius 1 is 1.12 bits per heavy atom. The molecule has 7 nitrogen and oxygen atoms in total. The van der Waals surface area contributed by atoms with Gasteiger partial charge in [-0.15, -0.1) is 0 Å². The number of carbonyl (C=O) groups excluding carboxylic acids is 1. The highest BCUT2D eigenvalue weighted by atomic mass is 16.5. The van der Waals surface area contributed by atoms with Crippen molar-refractivity contribution in [1.29, 1.82) is 5.26 Å². The van der Waals surface area contributed by atoms with E-state index in [1.807, 2.05) is 0 Å². The molecule has 1 saturated heterocycles. The lowest BCUT2D eigenvalue weighted by Crippen LogP contribution is -2.32. The van der Waals surface area contributed by atoms with E-state index in [9.17, 15) is 10.1 Å². The summed E-state index contributed by atoms with van der Waals surface area (Å²) < 4.78 is 5.15. The molecular formula is C19H21N5O2. The topological polar surface area (TPSA) is 82.3 Å². The highest BCUT2D eigenvalue weighted by Gasteiger charge is 2.23. The molecule has 0 aromatic carbocycles. The number of pyridine rings is 2. The number of rotatable bonds is 4. The Labute approximate surface area is 152 Å². The minimum atomic E-state index is -0.354. The zero-order chi connectivity index (χ0) is 18.4. The van der Waals surface area contributed by atoms with Crippen molar-refractivity contribution in [3.05, 3.63) is 47.8 Å². The maximum Gasteiger partial charge on any atom is 0.341 e. The molecule has 0 saturated carbocycles. The summed E-state index contributed by atoms with van der Waals surface area (Å²) in [5, 5.41) is 9.31. The predicted octanol–water partition coefficient (Wildman–Crippen LogP) is 2.24. The van der Waals surface area contributed by atoms with Crippen molar-refractivity contribution in [3.63, 3.8) is 0 Å². The van der Waals surface area contributed by atoms with E-state index in [0.29, 0.717) is 42.5 Å². The minimum Gasteiger partial charge on any atom is -0.462 e. The van der Waals surface area contributed by atoms with E-state index in [1.165, 1.54) is 0 Å². The van der Waals surface area contributed by atoms with Gasteiger partial charge in [-0.2, -0.15) is 5.26 Å². The monoisotopic (exact) mass is 351 g/mol. The van der Waals surface area contributed by atoms with Gasteiger partial charge in [-0.25, -0.2) is 14.8 Å². The number of nitrogens with zero attached hydrogens (tertiary/aromatic N) is 5. The first kappa shape index (κ1) is 17.7. The van der Waals surface area contributed by atoms with Crippen molar-refractivity contribution in [2.24, 2.45) is 0 Å². The number of anilines is 2. The van der Waals surface area contributed by atoms with Crippen molar-refractivity contribution < 1.29 is 9.53 Å². The number of aromatic nitrogens is 2. The highest BCUT2D eigenvalue weighted by Crippen LogP contribution is 2.23. The molecule has 26 heavy (non-hydrogen) atoms. The summed E-state index contributed by atoms with van der Waals surface area (Å²) in [6.07, 6.45) is 4.27. The van der Waals surface area contributed by atoms with Crippen LogP contribution in [0.2, 0.25) is 0 Å². The second-order valence-electron chi connectivity index (χ2n) is 5.91. The van der Waals surface area contributed by atoms with Gasteiger partial charge in [0.15, 0.2) is 0 Å². The fraction of sp³-hybridized carbons (Fsp3) is 0.368. The third-order valence-corrected chi connectivity index (χ3v) is 4.28. The van der Waals surface area contributed by atoms with Gasteiger partial charge in [-0.1, -0.05) is 0 Å². The molecule has 2 aromatic heterocycles. The first-order chi connectivity index (χ1) is 12.7. The summed E-state index contributed by atoms with van der Waals surface area (Å²) in [6.45, 7) is 5.07. The van der Waals surface area contributed by atoms with Gasteiger partial charge in [0.2, 0.25) is 0 Å². The standard InChI is InChI=1S/C19H21N5O2/c1-2-26-19(25)16-7-4-9-22-18(16)24-11-5-10-23(12-13-24)17-15(14-20)6-3-8-21-17/h3-4,6-9H,2,5,10-13H2,1H3. The first-order valence-electron chi connectivity index (χ1n) is 8.71. The highest BCUT2D eigenvalue weighted by molar-refractivity contribution is 5.94. The third kappa shape index (κ3) is 3.75. The number of hydrogen-bond acceptors (Lipinski definition) is 7. The van der Waals surface area contributed by atoms with Gasteiger partial charge in [-0.3, -0.25) is 0 Å². The fourth-order valence-corrected chi connectivity index (χ4v) is 3.09. The maximum absolute atomic E-state index is 12.2. The molecule has 0 N–H and O–H groups in total. The van der Waals surface area contributed by atoms with Gasteiger partial charge in [0.05, 0.1) is 12.2 Å². The Balaban J connectivity index is 1.80. The number of esters is 1. The van der Waals surface area contributed by atoms with Crippen molar-refractivity contribution >= 4 is 17.6 Å². The van der Waals surface area contributed by atoms with Gasteiger partial charge in [-0.05, 0) is 37.6 Å². The predicted molar refractivity (Wildman–Crippen MR) is 98.2 cm³/mol. The van der Waals surface area contributed by atoms with Gasteiger partial charge in [0, 0.05) is 38.6 Å². The van der Waals surface area contributed by atoms with Gasteiger partial charge < -0.3 is 14.5 Å². The van der Waals surface area contributed by atoms with Crippen LogP contribution in [0, 0.1) is 11.3 Å². The van der Waals surface area contributed by atoms with Crippen molar-refractivity contribution in [1.82, 2.24) is 9.97 Å². The van der Waals surface area contributed by atoms with Crippen LogP contribution in [0.3, 0.4) is 0 Å². The lowest BCUT2D eigenvalue weighted by molar-refractivity contribution is 0.0526. The molecule has 1 fully saturated rings. The molecule has 0 radical (unpaired) electrons. The average Bonchev–Trinajstić information content (AvgIpc) is 2.94. The summed E-state index contributed by atoms with van der Waals surface area (Å²) in [6, 6.07) is 9.24. The van der Waals surface area contributed by atoms with Crippen LogP contribution in [0.5, 0.6) is 0 Å². The van der Waals surface area contributed by atoms with Crippen molar-refractivity contribution in [2.45, 2.75) is 13.3 Å². The molecule has 1 aliphatic heterocycles. The van der Waals surface area contributed by atoms with E-state index in [4.69, 9.17) is 4.74 Å². The van der Waals surface area contributed by atoms with Crippen LogP contribution in [-0.4, -0.2) is 48.7 Å². The molecule has 0 aliphatic carbocycles. The number of carbonyl (C=O) groups is 1. The minimum absolute atomic E-state index is 0.331. The van der Waals surface area contributed by atoms with E-state index in [0.717, 1.165) is 19.5 Å². The van der Waals surface area contributed by atoms with Crippen LogP contribution in [0.4, 0.5) is 11.6 Å². The Bertz CT molecular complexity index is 818. The summed E-state index contributed by atoms with van der Waals surface area (Å²) in [5.74, 6) is 1.01. The molecule has 0 spiro atoms. The molecule has 1 aliphatic rings. The van der Waals surface area contributed by atoms with Crippen LogP contribution in [-0.2, 0) is 4.74 Å². The second kappa shape index (κ2) is 8.30. The zero-order valence-corrected chi connectivity index (χ0v) is 14.8. The van der Waals surface area contributed by atoms with Crippen molar-refractivity contribution in [2.75, 3.05) is 42.6 Å². The quantitative estimate of drug-likeness (QED) is 0.781. The Morgan fingerprint density at radius 2 is 1.77 bits per heavy atom. The molecular weight excluding hydrogens is 330 g/mol. The number of ether oxygens (including phenoxy) is 1. The molecule has 0 atom stereocenters. The van der Waals surface area contributed by atoms with Crippen LogP contribution in [0.15, 0.2) is 36.7 Å². The normalized spacial score (nSPS) is 14.5. The SMILES string of the molecule is CCOC(=O)c1cccnc1N1CCCN(c2ncccc2C#N)CC1. The largest absolute Gasteiger partial charge is 0.462 e. The summed E-state index contributed by atoms with van der Waals surface area (Å²) in [5.41, 5.74) is 1.06. The molecule has 0 amide bonds. The van der Waals surface area contributed by atoms with Crippen LogP contribution in [0.25, 0.3) is 0 Å². The second-order valence-corrected chi connectivity index (χ2v) is 5.91. The number of nitriles is 1. The molecule has 3 rings (SSSR count). The fourth-order valence-electron chi connectivity index (χ4n) is 3.09. The molecule has 0 unspecified atom stereocenters. The Morgan fingerprint density at radius 3 is 2.46 bits per heavy atom. The summed E-state index contributed by atoms with van der Waals surface area (Å²) in [4.78, 5) is 25.2. The van der Waals surface area contributed by atoms with Gasteiger partial charge in [0.1, 0.15) is 23.3 Å². The van der Waals surface area contributed by atoms with Crippen molar-refractivity contribution in [3.8, 4) is 6.07 Å². The third-order valence-electron chi connectivity index (χ3n) is 4.28. The lowest BCUT2D eigenvalue weighted by atomic mass is 10.2. The molecule has 3 heterocycles. The lowest BCUT2D eigenvalue weighted by Gasteiger charge is -2.25. The maximum atomic E-state index is 12.2. The van der Waals surface area contributed by atoms with Crippen LogP contribution in [0.1, 0.15) is 29.3 Å². The van der Waals surface area contributed by atoms with Gasteiger partial charge in [0.25, 0.3) is 0 Å². The first-order valence-corrected chi connectivity index (χ1v) is 8.71. The summed E-state index contributed by atoms with van der Waals surface area (Å²) >= 11 is 0. The molecule has 2 aromatic rings. The van der Waals surface area contributed by atoms with E-state index >= 15 is 0 Å². The van der Waals surface area contributed by atoms with Gasteiger partial charge >= 0.3 is 5.97 Å². The molecule has 134 valence electrons. The summed E-state index contributed by atoms with van der Waals surface area (Å²) in [7, 11) is 0. The molecule has 0 bridgehead atoms. The van der Waals surface area contributed by atoms with E-state index < -0.39 is 0 Å². The van der Waals surface area contributed by atoms with Crippen LogP contribution >= 0.6 is 0 Å². The average molecular weight is 351 g/mol. The van der Waals surface area contributed by atoms with E-state index in [2.05, 4.69) is 25.8 Å². The van der Waals surface area contributed by atoms with Crippen LogP contribution < -0.4 is 9.80 Å². The molecule has 7 heteroatoms. The smallest absolute Gasteiger partial charge is 0.341 e. The Hall–Kier alpha value is -3.14. The zero-order valence-electron chi connectivity index (χ0n) is 14.8. The number of hydrogen-bond donors (Lipinski definition) is 0. The van der Waals surface area contributed by atoms with E-state index in [1.54, 1.807) is 43.6 Å². The Kier molecular flexibility index (Phi) is 5.64.